The molecule has 0 radical (unpaired) electrons. The quantitative estimate of drug-likeness (QED) is 0.834. The maximum Gasteiger partial charge on any atom is 0.119 e. The zero-order valence-corrected chi connectivity index (χ0v) is 11.5. The van der Waals surface area contributed by atoms with Crippen molar-refractivity contribution < 1.29 is 4.74 Å². The monoisotopic (exact) mass is 248 g/mol. The fourth-order valence-electron chi connectivity index (χ4n) is 2.64. The van der Waals surface area contributed by atoms with Crippen LogP contribution in [0.4, 0.5) is 0 Å². The van der Waals surface area contributed by atoms with Crippen LogP contribution in [0.2, 0.25) is 0 Å². The topological polar surface area (TPSA) is 24.5 Å². The molecule has 1 aliphatic rings. The number of benzene rings is 1. The molecule has 1 heterocycles. The van der Waals surface area contributed by atoms with Crippen LogP contribution < -0.4 is 10.1 Å². The Balaban J connectivity index is 1.74. The number of rotatable bonds is 6. The molecule has 1 atom stereocenters. The Morgan fingerprint density at radius 3 is 3.11 bits per heavy atom. The first-order chi connectivity index (χ1) is 8.79. The van der Waals surface area contributed by atoms with Crippen LogP contribution in [-0.4, -0.2) is 44.2 Å². The van der Waals surface area contributed by atoms with Crippen molar-refractivity contribution in [3.05, 3.63) is 29.8 Å². The van der Waals surface area contributed by atoms with Crippen molar-refractivity contribution in [1.29, 1.82) is 0 Å². The van der Waals surface area contributed by atoms with Crippen molar-refractivity contribution in [1.82, 2.24) is 10.2 Å². The summed E-state index contributed by atoms with van der Waals surface area (Å²) in [5, 5.41) is 3.27. The van der Waals surface area contributed by atoms with E-state index in [1.54, 1.807) is 0 Å². The normalized spacial score (nSPS) is 20.2. The molecular weight excluding hydrogens is 224 g/mol. The number of hydrogen-bond acceptors (Lipinski definition) is 3. The fraction of sp³-hybridized carbons (Fsp3) is 0.600. The molecule has 0 bridgehead atoms. The van der Waals surface area contributed by atoms with E-state index in [2.05, 4.69) is 29.3 Å². The van der Waals surface area contributed by atoms with Crippen molar-refractivity contribution >= 4 is 0 Å². The second-order valence-electron chi connectivity index (χ2n) is 5.05. The van der Waals surface area contributed by atoms with Gasteiger partial charge in [-0.1, -0.05) is 12.1 Å². The molecule has 0 aliphatic carbocycles. The van der Waals surface area contributed by atoms with Crippen LogP contribution in [0.15, 0.2) is 24.3 Å². The van der Waals surface area contributed by atoms with Gasteiger partial charge in [0, 0.05) is 19.1 Å². The lowest BCUT2D eigenvalue weighted by molar-refractivity contribution is 0.195. The highest BCUT2D eigenvalue weighted by atomic mass is 16.5. The number of aryl methyl sites for hydroxylation is 1. The SMILES string of the molecule is CNCC1CCCN1CCOc1cccc(C)c1. The average Bonchev–Trinajstić information content (AvgIpc) is 2.78. The molecule has 0 spiro atoms. The molecule has 18 heavy (non-hydrogen) atoms. The Kier molecular flexibility index (Phi) is 5.02. The number of nitrogens with one attached hydrogen (secondary N) is 1. The minimum Gasteiger partial charge on any atom is -0.492 e. The highest BCUT2D eigenvalue weighted by molar-refractivity contribution is 5.27. The summed E-state index contributed by atoms with van der Waals surface area (Å²) in [5.74, 6) is 0.986. The van der Waals surface area contributed by atoms with Crippen LogP contribution in [0, 0.1) is 6.92 Å². The molecule has 1 N–H and O–H groups in total. The van der Waals surface area contributed by atoms with Gasteiger partial charge < -0.3 is 10.1 Å². The zero-order chi connectivity index (χ0) is 12.8. The molecule has 0 amide bonds. The minimum absolute atomic E-state index is 0.691. The van der Waals surface area contributed by atoms with Gasteiger partial charge in [0.25, 0.3) is 0 Å². The predicted molar refractivity (Wildman–Crippen MR) is 75.2 cm³/mol. The van der Waals surface area contributed by atoms with E-state index in [-0.39, 0.29) is 0 Å². The predicted octanol–water partition coefficient (Wildman–Crippen LogP) is 2.06. The number of likely N-dealkylation sites (N-methyl/N-ethyl adjacent to an activating group) is 1. The maximum atomic E-state index is 5.81. The van der Waals surface area contributed by atoms with Crippen molar-refractivity contribution in [3.63, 3.8) is 0 Å². The standard InChI is InChI=1S/C15H24N2O/c1-13-5-3-7-15(11-13)18-10-9-17-8-4-6-14(17)12-16-2/h3,5,7,11,14,16H,4,6,8-10,12H2,1-2H3. The minimum atomic E-state index is 0.691. The number of nitrogens with zero attached hydrogens (tertiary/aromatic N) is 1. The number of likely N-dealkylation sites (tertiary alicyclic amines) is 1. The number of hydrogen-bond donors (Lipinski definition) is 1. The Bertz CT molecular complexity index is 367. The van der Waals surface area contributed by atoms with Crippen molar-refractivity contribution in [2.75, 3.05) is 33.3 Å². The summed E-state index contributed by atoms with van der Waals surface area (Å²) in [6.07, 6.45) is 2.63. The largest absolute Gasteiger partial charge is 0.492 e. The molecular formula is C15H24N2O. The van der Waals surface area contributed by atoms with Gasteiger partial charge in [-0.2, -0.15) is 0 Å². The van der Waals surface area contributed by atoms with Crippen molar-refractivity contribution in [2.24, 2.45) is 0 Å². The first kappa shape index (κ1) is 13.4. The van der Waals surface area contributed by atoms with E-state index in [0.29, 0.717) is 6.04 Å². The summed E-state index contributed by atoms with van der Waals surface area (Å²) in [6.45, 7) is 6.20. The third-order valence-corrected chi connectivity index (χ3v) is 3.58. The van der Waals surface area contributed by atoms with Gasteiger partial charge in [-0.25, -0.2) is 0 Å². The lowest BCUT2D eigenvalue weighted by Gasteiger charge is -2.24. The fourth-order valence-corrected chi connectivity index (χ4v) is 2.64. The molecule has 1 aliphatic heterocycles. The molecule has 1 aromatic carbocycles. The summed E-state index contributed by atoms with van der Waals surface area (Å²) in [7, 11) is 2.03. The van der Waals surface area contributed by atoms with Gasteiger partial charge in [0.1, 0.15) is 12.4 Å². The summed E-state index contributed by atoms with van der Waals surface area (Å²) >= 11 is 0. The third kappa shape index (κ3) is 3.72. The van der Waals surface area contributed by atoms with Gasteiger partial charge >= 0.3 is 0 Å². The molecule has 2 rings (SSSR count). The van der Waals surface area contributed by atoms with Crippen LogP contribution in [0.5, 0.6) is 5.75 Å². The molecule has 0 aromatic heterocycles. The van der Waals surface area contributed by atoms with Gasteiger partial charge in [-0.15, -0.1) is 0 Å². The lowest BCUT2D eigenvalue weighted by atomic mass is 10.2. The van der Waals surface area contributed by atoms with E-state index in [1.165, 1.54) is 24.9 Å². The Morgan fingerprint density at radius 2 is 2.33 bits per heavy atom. The first-order valence-electron chi connectivity index (χ1n) is 6.87. The molecule has 1 unspecified atom stereocenters. The molecule has 3 nitrogen and oxygen atoms in total. The maximum absolute atomic E-state index is 5.81. The van der Waals surface area contributed by atoms with Crippen LogP contribution >= 0.6 is 0 Å². The zero-order valence-electron chi connectivity index (χ0n) is 11.5. The molecule has 100 valence electrons. The van der Waals surface area contributed by atoms with Crippen LogP contribution in [0.1, 0.15) is 18.4 Å². The Morgan fingerprint density at radius 1 is 1.44 bits per heavy atom. The van der Waals surface area contributed by atoms with E-state index in [9.17, 15) is 0 Å². The van der Waals surface area contributed by atoms with Crippen LogP contribution in [0.25, 0.3) is 0 Å². The van der Waals surface area contributed by atoms with E-state index in [0.717, 1.165) is 25.4 Å². The summed E-state index contributed by atoms with van der Waals surface area (Å²) < 4.78 is 5.81. The summed E-state index contributed by atoms with van der Waals surface area (Å²) in [4.78, 5) is 2.53. The van der Waals surface area contributed by atoms with Crippen molar-refractivity contribution in [3.8, 4) is 5.75 Å². The van der Waals surface area contributed by atoms with E-state index in [4.69, 9.17) is 4.74 Å². The van der Waals surface area contributed by atoms with Gasteiger partial charge in [-0.05, 0) is 51.1 Å². The van der Waals surface area contributed by atoms with Crippen molar-refractivity contribution in [2.45, 2.75) is 25.8 Å². The van der Waals surface area contributed by atoms with Gasteiger partial charge in [0.15, 0.2) is 0 Å². The van der Waals surface area contributed by atoms with Crippen LogP contribution in [0.3, 0.4) is 0 Å². The highest BCUT2D eigenvalue weighted by Gasteiger charge is 2.23. The van der Waals surface area contributed by atoms with Gasteiger partial charge in [-0.3, -0.25) is 4.90 Å². The second kappa shape index (κ2) is 6.76. The first-order valence-corrected chi connectivity index (χ1v) is 6.87. The van der Waals surface area contributed by atoms with E-state index in [1.807, 2.05) is 19.2 Å². The van der Waals surface area contributed by atoms with E-state index >= 15 is 0 Å². The summed E-state index contributed by atoms with van der Waals surface area (Å²) in [6, 6.07) is 8.95. The van der Waals surface area contributed by atoms with E-state index < -0.39 is 0 Å². The molecule has 1 aromatic rings. The molecule has 3 heteroatoms. The molecule has 1 fully saturated rings. The Hall–Kier alpha value is -1.06. The molecule has 1 saturated heterocycles. The third-order valence-electron chi connectivity index (χ3n) is 3.58. The second-order valence-corrected chi connectivity index (χ2v) is 5.05. The van der Waals surface area contributed by atoms with Crippen LogP contribution in [-0.2, 0) is 0 Å². The average molecular weight is 248 g/mol. The van der Waals surface area contributed by atoms with Gasteiger partial charge in [0.05, 0.1) is 0 Å². The number of ether oxygens (including phenoxy) is 1. The molecule has 0 saturated carbocycles. The summed E-state index contributed by atoms with van der Waals surface area (Å²) in [5.41, 5.74) is 1.25. The smallest absolute Gasteiger partial charge is 0.119 e. The lowest BCUT2D eigenvalue weighted by Crippen LogP contribution is -2.39. The Labute approximate surface area is 110 Å². The highest BCUT2D eigenvalue weighted by Crippen LogP contribution is 2.17. The van der Waals surface area contributed by atoms with Gasteiger partial charge in [0.2, 0.25) is 0 Å².